The molecule has 33 heavy (non-hydrogen) atoms. The molecule has 3 amide bonds. The van der Waals surface area contributed by atoms with Crippen molar-refractivity contribution in [1.82, 2.24) is 15.1 Å². The Morgan fingerprint density at radius 3 is 2.61 bits per heavy atom. The van der Waals surface area contributed by atoms with Crippen molar-refractivity contribution >= 4 is 17.6 Å². The summed E-state index contributed by atoms with van der Waals surface area (Å²) >= 11 is 0. The quantitative estimate of drug-likeness (QED) is 0.633. The van der Waals surface area contributed by atoms with Crippen LogP contribution in [0.15, 0.2) is 48.5 Å². The predicted molar refractivity (Wildman–Crippen MR) is 129 cm³/mol. The number of ether oxygens (including phenoxy) is 1. The van der Waals surface area contributed by atoms with E-state index in [0.717, 1.165) is 55.0 Å². The lowest BCUT2D eigenvalue weighted by Crippen LogP contribution is -2.38. The second-order valence-electron chi connectivity index (χ2n) is 8.81. The predicted octanol–water partition coefficient (Wildman–Crippen LogP) is 4.17. The molecule has 7 nitrogen and oxygen atoms in total. The van der Waals surface area contributed by atoms with Crippen molar-refractivity contribution in [2.45, 2.75) is 44.7 Å². The van der Waals surface area contributed by atoms with E-state index in [0.29, 0.717) is 19.5 Å². The van der Waals surface area contributed by atoms with Gasteiger partial charge < -0.3 is 20.3 Å². The van der Waals surface area contributed by atoms with E-state index in [1.165, 1.54) is 12.8 Å². The summed E-state index contributed by atoms with van der Waals surface area (Å²) in [6.07, 6.45) is 5.00. The molecular weight excluding hydrogens is 416 g/mol. The number of para-hydroxylation sites is 1. The molecular formula is C26H34N4O3. The van der Waals surface area contributed by atoms with Crippen molar-refractivity contribution in [2.75, 3.05) is 38.6 Å². The van der Waals surface area contributed by atoms with Crippen molar-refractivity contribution in [1.29, 1.82) is 0 Å². The molecule has 2 N–H and O–H groups in total. The Kier molecular flexibility index (Phi) is 7.83. The topological polar surface area (TPSA) is 73.9 Å². The molecule has 1 unspecified atom stereocenters. The Balaban J connectivity index is 1.37. The van der Waals surface area contributed by atoms with Gasteiger partial charge in [0.05, 0.1) is 13.2 Å². The third-order valence-corrected chi connectivity index (χ3v) is 6.51. The Hall–Kier alpha value is -3.06. The lowest BCUT2D eigenvalue weighted by molar-refractivity contribution is -0.133. The lowest BCUT2D eigenvalue weighted by atomic mass is 10.0. The minimum atomic E-state index is -0.236. The highest BCUT2D eigenvalue weighted by Gasteiger charge is 2.26. The number of anilines is 1. The number of carbonyl (C=O) groups excluding carboxylic acids is 2. The number of hydrogen-bond acceptors (Lipinski definition) is 4. The maximum atomic E-state index is 12.7. The van der Waals surface area contributed by atoms with Gasteiger partial charge in [-0.1, -0.05) is 30.3 Å². The largest absolute Gasteiger partial charge is 0.496 e. The molecule has 2 aliphatic heterocycles. The van der Waals surface area contributed by atoms with Crippen molar-refractivity contribution in [2.24, 2.45) is 0 Å². The van der Waals surface area contributed by atoms with Crippen molar-refractivity contribution in [3.63, 3.8) is 0 Å². The van der Waals surface area contributed by atoms with Crippen molar-refractivity contribution in [3.05, 3.63) is 59.7 Å². The Labute approximate surface area is 196 Å². The second-order valence-corrected chi connectivity index (χ2v) is 8.81. The van der Waals surface area contributed by atoms with E-state index in [4.69, 9.17) is 4.74 Å². The van der Waals surface area contributed by atoms with E-state index in [1.807, 2.05) is 47.4 Å². The lowest BCUT2D eigenvalue weighted by Gasteiger charge is -2.29. The van der Waals surface area contributed by atoms with Gasteiger partial charge in [0, 0.05) is 37.3 Å². The summed E-state index contributed by atoms with van der Waals surface area (Å²) in [5.74, 6) is 1.05. The number of urea groups is 1. The molecule has 0 aromatic heterocycles. The van der Waals surface area contributed by atoms with Crippen LogP contribution in [-0.4, -0.2) is 55.0 Å². The van der Waals surface area contributed by atoms with E-state index in [-0.39, 0.29) is 18.0 Å². The Bertz CT molecular complexity index is 958. The molecule has 2 aliphatic rings. The first-order chi connectivity index (χ1) is 16.1. The molecule has 0 spiro atoms. The van der Waals surface area contributed by atoms with Crippen LogP contribution in [0.3, 0.4) is 0 Å². The molecule has 2 fully saturated rings. The number of carbonyl (C=O) groups is 2. The van der Waals surface area contributed by atoms with Crippen LogP contribution in [0, 0.1) is 0 Å². The number of hydrogen-bond donors (Lipinski definition) is 2. The van der Waals surface area contributed by atoms with Crippen molar-refractivity contribution < 1.29 is 14.3 Å². The number of methoxy groups -OCH3 is 1. The summed E-state index contributed by atoms with van der Waals surface area (Å²) in [7, 11) is 1.68. The maximum absolute atomic E-state index is 12.7. The van der Waals surface area contributed by atoms with E-state index < -0.39 is 0 Å². The monoisotopic (exact) mass is 450 g/mol. The smallest absolute Gasteiger partial charge is 0.319 e. The Morgan fingerprint density at radius 2 is 1.82 bits per heavy atom. The van der Waals surface area contributed by atoms with Gasteiger partial charge in [0.1, 0.15) is 5.75 Å². The first-order valence-electron chi connectivity index (χ1n) is 11.9. The zero-order valence-corrected chi connectivity index (χ0v) is 19.4. The summed E-state index contributed by atoms with van der Waals surface area (Å²) in [5.41, 5.74) is 2.84. The van der Waals surface area contributed by atoms with Crippen LogP contribution < -0.4 is 15.4 Å². The second kappa shape index (κ2) is 11.2. The fourth-order valence-electron chi connectivity index (χ4n) is 4.79. The van der Waals surface area contributed by atoms with Gasteiger partial charge >= 0.3 is 6.03 Å². The first kappa shape index (κ1) is 23.1. The Morgan fingerprint density at radius 1 is 1.03 bits per heavy atom. The molecule has 0 radical (unpaired) electrons. The van der Waals surface area contributed by atoms with Gasteiger partial charge in [-0.3, -0.25) is 9.69 Å². The summed E-state index contributed by atoms with van der Waals surface area (Å²) < 4.78 is 5.59. The number of piperidine rings is 1. The average molecular weight is 451 g/mol. The molecule has 2 heterocycles. The van der Waals surface area contributed by atoms with E-state index in [2.05, 4.69) is 21.6 Å². The minimum Gasteiger partial charge on any atom is -0.496 e. The number of rotatable bonds is 8. The van der Waals surface area contributed by atoms with Crippen LogP contribution in [-0.2, 0) is 11.3 Å². The SMILES string of the molecule is COc1ccccc1C(CNC(=O)Nc1cccc(CN2CCCCC2=O)c1)N1CCCC1. The molecule has 2 aromatic carbocycles. The van der Waals surface area contributed by atoms with Crippen LogP contribution >= 0.6 is 0 Å². The number of benzene rings is 2. The molecule has 2 aromatic rings. The standard InChI is InChI=1S/C26H34N4O3/c1-33-24-12-3-2-11-22(24)23(29-14-6-7-15-29)18-27-26(32)28-21-10-8-9-20(17-21)19-30-16-5-4-13-25(30)31/h2-3,8-12,17,23H,4-7,13-16,18-19H2,1H3,(H2,27,28,32). The number of nitrogens with one attached hydrogen (secondary N) is 2. The van der Waals surface area contributed by atoms with Gasteiger partial charge in [0.25, 0.3) is 0 Å². The summed E-state index contributed by atoms with van der Waals surface area (Å²) in [5, 5.41) is 6.01. The van der Waals surface area contributed by atoms with Gasteiger partial charge in [-0.25, -0.2) is 4.79 Å². The zero-order valence-electron chi connectivity index (χ0n) is 19.4. The zero-order chi connectivity index (χ0) is 23.0. The highest BCUT2D eigenvalue weighted by Crippen LogP contribution is 2.31. The van der Waals surface area contributed by atoms with E-state index >= 15 is 0 Å². The maximum Gasteiger partial charge on any atom is 0.319 e. The molecule has 0 saturated carbocycles. The van der Waals surface area contributed by atoms with E-state index in [9.17, 15) is 9.59 Å². The summed E-state index contributed by atoms with van der Waals surface area (Å²) in [4.78, 5) is 29.2. The van der Waals surface area contributed by atoms with Crippen LogP contribution in [0.5, 0.6) is 5.75 Å². The molecule has 1 atom stereocenters. The van der Waals surface area contributed by atoms with Gasteiger partial charge in [-0.15, -0.1) is 0 Å². The average Bonchev–Trinajstić information content (AvgIpc) is 3.36. The van der Waals surface area contributed by atoms with Crippen LogP contribution in [0.2, 0.25) is 0 Å². The molecule has 0 aliphatic carbocycles. The molecule has 2 saturated heterocycles. The highest BCUT2D eigenvalue weighted by atomic mass is 16.5. The summed E-state index contributed by atoms with van der Waals surface area (Å²) in [6, 6.07) is 15.6. The van der Waals surface area contributed by atoms with Gasteiger partial charge in [0.15, 0.2) is 0 Å². The fraction of sp³-hybridized carbons (Fsp3) is 0.462. The minimum absolute atomic E-state index is 0.0610. The molecule has 4 rings (SSSR count). The van der Waals surface area contributed by atoms with E-state index in [1.54, 1.807) is 7.11 Å². The number of nitrogens with zero attached hydrogens (tertiary/aromatic N) is 2. The fourth-order valence-corrected chi connectivity index (χ4v) is 4.79. The third kappa shape index (κ3) is 6.05. The van der Waals surface area contributed by atoms with Crippen molar-refractivity contribution in [3.8, 4) is 5.75 Å². The van der Waals surface area contributed by atoms with Gasteiger partial charge in [-0.2, -0.15) is 0 Å². The summed E-state index contributed by atoms with van der Waals surface area (Å²) in [6.45, 7) is 3.92. The third-order valence-electron chi connectivity index (χ3n) is 6.51. The number of likely N-dealkylation sites (tertiary alicyclic amines) is 2. The first-order valence-corrected chi connectivity index (χ1v) is 11.9. The van der Waals surface area contributed by atoms with Crippen LogP contribution in [0.1, 0.15) is 49.3 Å². The normalized spacial score (nSPS) is 17.6. The van der Waals surface area contributed by atoms with Crippen LogP contribution in [0.4, 0.5) is 10.5 Å². The molecule has 176 valence electrons. The van der Waals surface area contributed by atoms with Gasteiger partial charge in [0.2, 0.25) is 5.91 Å². The number of amides is 3. The molecule has 7 heteroatoms. The van der Waals surface area contributed by atoms with Crippen LogP contribution in [0.25, 0.3) is 0 Å². The van der Waals surface area contributed by atoms with Gasteiger partial charge in [-0.05, 0) is 62.5 Å². The molecule has 0 bridgehead atoms. The highest BCUT2D eigenvalue weighted by molar-refractivity contribution is 5.89.